The molecule has 0 aliphatic rings. The van der Waals surface area contributed by atoms with Crippen LogP contribution in [0.5, 0.6) is 5.75 Å². The molecule has 0 N–H and O–H groups in total. The number of fused-ring (bicyclic) bond motifs is 1. The maximum Gasteiger partial charge on any atom is 0.253 e. The second-order valence-corrected chi connectivity index (χ2v) is 5.11. The average molecular weight is 316 g/mol. The van der Waals surface area contributed by atoms with E-state index in [1.807, 2.05) is 6.07 Å². The molecule has 0 radical (unpaired) electrons. The molecule has 1 aromatic heterocycles. The molecule has 0 unspecified atom stereocenters. The van der Waals surface area contributed by atoms with Gasteiger partial charge in [0.15, 0.2) is 0 Å². The minimum Gasteiger partial charge on any atom is -0.489 e. The van der Waals surface area contributed by atoms with Gasteiger partial charge in [-0.25, -0.2) is 4.39 Å². The zero-order valence-corrected chi connectivity index (χ0v) is 12.2. The normalized spacial score (nSPS) is 10.6. The molecule has 0 aliphatic carbocycles. The second kappa shape index (κ2) is 6.12. The van der Waals surface area contributed by atoms with E-state index >= 15 is 0 Å². The minimum atomic E-state index is -0.536. The molecule has 3 aromatic rings. The molecule has 0 atom stereocenters. The summed E-state index contributed by atoms with van der Waals surface area (Å²) in [4.78, 5) is 15.3. The number of hydrogen-bond donors (Lipinski definition) is 0. The van der Waals surface area contributed by atoms with Crippen LogP contribution in [-0.2, 0) is 6.61 Å². The molecule has 0 fully saturated rings. The first-order chi connectivity index (χ1) is 10.6. The van der Waals surface area contributed by atoms with Crippen LogP contribution in [0.1, 0.15) is 15.9 Å². The van der Waals surface area contributed by atoms with E-state index in [1.54, 1.807) is 30.3 Å². The third-order valence-electron chi connectivity index (χ3n) is 3.20. The maximum atomic E-state index is 12.8. The Kier molecular flexibility index (Phi) is 4.02. The number of carbonyl (C=O) groups is 1. The van der Waals surface area contributed by atoms with E-state index in [9.17, 15) is 9.18 Å². The Morgan fingerprint density at radius 3 is 2.64 bits per heavy atom. The molecule has 2 aromatic carbocycles. The highest BCUT2D eigenvalue weighted by Crippen LogP contribution is 2.21. The summed E-state index contributed by atoms with van der Waals surface area (Å²) in [6.45, 7) is 0.337. The van der Waals surface area contributed by atoms with Crippen LogP contribution in [0.25, 0.3) is 10.9 Å². The third-order valence-corrected chi connectivity index (χ3v) is 3.42. The SMILES string of the molecule is O=C(Cl)c1cnc2cc(OCc3ccc(F)cc3)ccc2c1. The molecule has 0 bridgehead atoms. The highest BCUT2D eigenvalue weighted by atomic mass is 35.5. The molecule has 3 rings (SSSR count). The predicted molar refractivity (Wildman–Crippen MR) is 82.7 cm³/mol. The Bertz CT molecular complexity index is 834. The van der Waals surface area contributed by atoms with Gasteiger partial charge in [-0.15, -0.1) is 0 Å². The third kappa shape index (κ3) is 3.23. The summed E-state index contributed by atoms with van der Waals surface area (Å²) in [6.07, 6.45) is 1.43. The molecule has 22 heavy (non-hydrogen) atoms. The van der Waals surface area contributed by atoms with Crippen LogP contribution < -0.4 is 4.74 Å². The maximum absolute atomic E-state index is 12.8. The molecule has 0 aliphatic heterocycles. The number of pyridine rings is 1. The fraction of sp³-hybridized carbons (Fsp3) is 0.0588. The van der Waals surface area contributed by atoms with Crippen molar-refractivity contribution in [1.82, 2.24) is 4.98 Å². The second-order valence-electron chi connectivity index (χ2n) is 4.77. The molecule has 0 amide bonds. The van der Waals surface area contributed by atoms with Crippen molar-refractivity contribution in [2.75, 3.05) is 0 Å². The van der Waals surface area contributed by atoms with Gasteiger partial charge in [-0.3, -0.25) is 9.78 Å². The van der Waals surface area contributed by atoms with Crippen molar-refractivity contribution in [3.8, 4) is 5.75 Å². The van der Waals surface area contributed by atoms with Crippen molar-refractivity contribution in [3.05, 3.63) is 71.7 Å². The van der Waals surface area contributed by atoms with Crippen LogP contribution in [0.15, 0.2) is 54.7 Å². The Hall–Kier alpha value is -2.46. The number of hydrogen-bond acceptors (Lipinski definition) is 3. The lowest BCUT2D eigenvalue weighted by atomic mass is 10.1. The van der Waals surface area contributed by atoms with Gasteiger partial charge >= 0.3 is 0 Å². The Labute approximate surface area is 131 Å². The van der Waals surface area contributed by atoms with Gasteiger partial charge in [-0.1, -0.05) is 12.1 Å². The Morgan fingerprint density at radius 1 is 1.14 bits per heavy atom. The fourth-order valence-electron chi connectivity index (χ4n) is 2.05. The van der Waals surface area contributed by atoms with Gasteiger partial charge in [0.2, 0.25) is 0 Å². The van der Waals surface area contributed by atoms with E-state index in [4.69, 9.17) is 16.3 Å². The molecule has 5 heteroatoms. The van der Waals surface area contributed by atoms with Crippen LogP contribution in [0, 0.1) is 5.82 Å². The predicted octanol–water partition coefficient (Wildman–Crippen LogP) is 4.33. The first-order valence-electron chi connectivity index (χ1n) is 6.59. The Balaban J connectivity index is 1.78. The highest BCUT2D eigenvalue weighted by molar-refractivity contribution is 6.67. The molecule has 0 saturated heterocycles. The summed E-state index contributed by atoms with van der Waals surface area (Å²) in [7, 11) is 0. The van der Waals surface area contributed by atoms with Crippen molar-refractivity contribution >= 4 is 27.7 Å². The minimum absolute atomic E-state index is 0.275. The topological polar surface area (TPSA) is 39.2 Å². The molecule has 3 nitrogen and oxygen atoms in total. The quantitative estimate of drug-likeness (QED) is 0.673. The summed E-state index contributed by atoms with van der Waals surface area (Å²) < 4.78 is 18.5. The number of ether oxygens (including phenoxy) is 1. The lowest BCUT2D eigenvalue weighted by molar-refractivity contribution is 0.108. The smallest absolute Gasteiger partial charge is 0.253 e. The zero-order valence-electron chi connectivity index (χ0n) is 11.4. The van der Waals surface area contributed by atoms with Crippen molar-refractivity contribution < 1.29 is 13.9 Å². The summed E-state index contributed by atoms with van der Waals surface area (Å²) in [6, 6.07) is 13.2. The lowest BCUT2D eigenvalue weighted by Gasteiger charge is -2.07. The highest BCUT2D eigenvalue weighted by Gasteiger charge is 2.05. The summed E-state index contributed by atoms with van der Waals surface area (Å²) >= 11 is 5.43. The average Bonchev–Trinajstić information content (AvgIpc) is 2.53. The van der Waals surface area contributed by atoms with Crippen LogP contribution in [0.2, 0.25) is 0 Å². The lowest BCUT2D eigenvalue weighted by Crippen LogP contribution is -1.96. The van der Waals surface area contributed by atoms with Crippen LogP contribution in [0.3, 0.4) is 0 Å². The van der Waals surface area contributed by atoms with Gasteiger partial charge in [0.05, 0.1) is 11.1 Å². The standard InChI is InChI=1S/C17H11ClFNO2/c18-17(21)13-7-12-3-6-15(8-16(12)20-9-13)22-10-11-1-4-14(19)5-2-11/h1-9H,10H2. The van der Waals surface area contributed by atoms with E-state index in [0.29, 0.717) is 23.4 Å². The number of halogens is 2. The van der Waals surface area contributed by atoms with Crippen molar-refractivity contribution in [1.29, 1.82) is 0 Å². The summed E-state index contributed by atoms with van der Waals surface area (Å²) in [5, 5.41) is 0.270. The summed E-state index contributed by atoms with van der Waals surface area (Å²) in [5.41, 5.74) is 1.94. The van der Waals surface area contributed by atoms with E-state index in [0.717, 1.165) is 10.9 Å². The fourth-order valence-corrected chi connectivity index (χ4v) is 2.15. The van der Waals surface area contributed by atoms with Crippen molar-refractivity contribution in [2.45, 2.75) is 6.61 Å². The van der Waals surface area contributed by atoms with Gasteiger partial charge in [0, 0.05) is 17.6 Å². The molecule has 110 valence electrons. The molecular weight excluding hydrogens is 305 g/mol. The Morgan fingerprint density at radius 2 is 1.91 bits per heavy atom. The van der Waals surface area contributed by atoms with Gasteiger partial charge < -0.3 is 4.74 Å². The number of aromatic nitrogens is 1. The van der Waals surface area contributed by atoms with Crippen LogP contribution in [0.4, 0.5) is 4.39 Å². The number of benzene rings is 2. The van der Waals surface area contributed by atoms with E-state index in [2.05, 4.69) is 4.98 Å². The molecule has 0 spiro atoms. The number of rotatable bonds is 4. The van der Waals surface area contributed by atoms with E-state index in [1.165, 1.54) is 18.3 Å². The van der Waals surface area contributed by atoms with E-state index in [-0.39, 0.29) is 5.82 Å². The van der Waals surface area contributed by atoms with Gasteiger partial charge in [0.1, 0.15) is 18.2 Å². The number of nitrogens with zero attached hydrogens (tertiary/aromatic N) is 1. The van der Waals surface area contributed by atoms with Gasteiger partial charge in [-0.05, 0) is 47.5 Å². The van der Waals surface area contributed by atoms with Crippen molar-refractivity contribution in [2.24, 2.45) is 0 Å². The first kappa shape index (κ1) is 14.5. The summed E-state index contributed by atoms with van der Waals surface area (Å²) in [5.74, 6) is 0.373. The van der Waals surface area contributed by atoms with E-state index < -0.39 is 5.24 Å². The molecule has 0 saturated carbocycles. The zero-order chi connectivity index (χ0) is 15.5. The van der Waals surface area contributed by atoms with Crippen LogP contribution >= 0.6 is 11.6 Å². The first-order valence-corrected chi connectivity index (χ1v) is 6.96. The number of carbonyl (C=O) groups excluding carboxylic acids is 1. The largest absolute Gasteiger partial charge is 0.489 e. The molecule has 1 heterocycles. The molecular formula is C17H11ClFNO2. The van der Waals surface area contributed by atoms with Crippen LogP contribution in [-0.4, -0.2) is 10.2 Å². The monoisotopic (exact) mass is 315 g/mol. The van der Waals surface area contributed by atoms with Crippen molar-refractivity contribution in [3.63, 3.8) is 0 Å². The van der Waals surface area contributed by atoms with Gasteiger partial charge in [-0.2, -0.15) is 0 Å². The van der Waals surface area contributed by atoms with Gasteiger partial charge in [0.25, 0.3) is 5.24 Å².